The van der Waals surface area contributed by atoms with Gasteiger partial charge < -0.3 is 4.74 Å². The summed E-state index contributed by atoms with van der Waals surface area (Å²) < 4.78 is 4.73. The zero-order chi connectivity index (χ0) is 13.8. The van der Waals surface area contributed by atoms with Crippen molar-refractivity contribution in [2.24, 2.45) is 0 Å². The molecule has 2 rings (SSSR count). The predicted octanol–water partition coefficient (Wildman–Crippen LogP) is 2.35. The summed E-state index contributed by atoms with van der Waals surface area (Å²) in [6, 6.07) is 1.85. The maximum Gasteiger partial charge on any atom is 0.326 e. The van der Waals surface area contributed by atoms with Crippen molar-refractivity contribution in [2.75, 3.05) is 13.2 Å². The van der Waals surface area contributed by atoms with Gasteiger partial charge in [-0.15, -0.1) is 0 Å². The molecule has 0 atom stereocenters. The molecule has 7 heteroatoms. The Morgan fingerprint density at radius 2 is 2.26 bits per heavy atom. The summed E-state index contributed by atoms with van der Waals surface area (Å²) in [4.78, 5) is 36.2. The molecule has 0 saturated carbocycles. The van der Waals surface area contributed by atoms with Gasteiger partial charge >= 0.3 is 5.97 Å². The number of carbonyl (C=O) groups excluding carboxylic acids is 3. The quantitative estimate of drug-likeness (QED) is 0.630. The van der Waals surface area contributed by atoms with Crippen LogP contribution in [-0.4, -0.2) is 35.2 Å². The van der Waals surface area contributed by atoms with E-state index in [1.54, 1.807) is 13.0 Å². The third kappa shape index (κ3) is 3.24. The summed E-state index contributed by atoms with van der Waals surface area (Å²) >= 11 is 2.34. The van der Waals surface area contributed by atoms with E-state index < -0.39 is 17.1 Å². The molecular weight excluding hydrogens is 286 g/mol. The van der Waals surface area contributed by atoms with Gasteiger partial charge in [0.15, 0.2) is 0 Å². The van der Waals surface area contributed by atoms with Crippen LogP contribution >= 0.6 is 23.1 Å². The van der Waals surface area contributed by atoms with Crippen LogP contribution in [0.3, 0.4) is 0 Å². The first-order chi connectivity index (χ1) is 9.11. The number of amides is 2. The molecule has 0 unspecified atom stereocenters. The van der Waals surface area contributed by atoms with Crippen LogP contribution in [0, 0.1) is 0 Å². The SMILES string of the molecule is CCOC(=O)CN1C(=O)SC(=Cc2ccsc2)C1=O. The minimum absolute atomic E-state index is 0.222. The summed E-state index contributed by atoms with van der Waals surface area (Å²) in [5.41, 5.74) is 0.867. The van der Waals surface area contributed by atoms with Gasteiger partial charge in [0.25, 0.3) is 11.1 Å². The van der Waals surface area contributed by atoms with Crippen LogP contribution in [0.5, 0.6) is 0 Å². The highest BCUT2D eigenvalue weighted by Gasteiger charge is 2.36. The van der Waals surface area contributed by atoms with E-state index in [9.17, 15) is 14.4 Å². The molecule has 0 aromatic carbocycles. The van der Waals surface area contributed by atoms with Crippen LogP contribution < -0.4 is 0 Å². The molecular formula is C12H11NO4S2. The van der Waals surface area contributed by atoms with Gasteiger partial charge in [-0.1, -0.05) is 0 Å². The van der Waals surface area contributed by atoms with Crippen LogP contribution in [0.1, 0.15) is 12.5 Å². The van der Waals surface area contributed by atoms with Crippen LogP contribution in [0.2, 0.25) is 0 Å². The molecule has 1 aliphatic heterocycles. The van der Waals surface area contributed by atoms with Gasteiger partial charge in [-0.2, -0.15) is 11.3 Å². The Kier molecular flexibility index (Phi) is 4.39. The van der Waals surface area contributed by atoms with Gasteiger partial charge in [-0.25, -0.2) is 0 Å². The molecule has 1 saturated heterocycles. The third-order valence-electron chi connectivity index (χ3n) is 2.31. The number of hydrogen-bond donors (Lipinski definition) is 0. The van der Waals surface area contributed by atoms with E-state index >= 15 is 0 Å². The van der Waals surface area contributed by atoms with Crippen LogP contribution in [0.4, 0.5) is 4.79 Å². The lowest BCUT2D eigenvalue weighted by Gasteiger charge is -2.10. The molecule has 0 aliphatic carbocycles. The second-order valence-corrected chi connectivity index (χ2v) is 5.40. The fourth-order valence-corrected chi connectivity index (χ4v) is 2.94. The summed E-state index contributed by atoms with van der Waals surface area (Å²) in [5.74, 6) is -1.03. The maximum absolute atomic E-state index is 12.0. The maximum atomic E-state index is 12.0. The Hall–Kier alpha value is -1.60. The zero-order valence-electron chi connectivity index (χ0n) is 10.1. The second kappa shape index (κ2) is 6.03. The first-order valence-corrected chi connectivity index (χ1v) is 7.31. The lowest BCUT2D eigenvalue weighted by molar-refractivity contribution is -0.145. The second-order valence-electron chi connectivity index (χ2n) is 3.63. The minimum Gasteiger partial charge on any atom is -0.465 e. The van der Waals surface area contributed by atoms with E-state index in [2.05, 4.69) is 0 Å². The number of nitrogens with zero attached hydrogens (tertiary/aromatic N) is 1. The molecule has 0 radical (unpaired) electrons. The molecule has 1 aromatic heterocycles. The molecule has 5 nitrogen and oxygen atoms in total. The normalized spacial score (nSPS) is 17.3. The van der Waals surface area contributed by atoms with E-state index in [0.717, 1.165) is 22.2 Å². The lowest BCUT2D eigenvalue weighted by Crippen LogP contribution is -2.34. The average molecular weight is 297 g/mol. The van der Waals surface area contributed by atoms with E-state index in [1.165, 1.54) is 11.3 Å². The molecule has 0 bridgehead atoms. The number of ether oxygens (including phenoxy) is 1. The Bertz CT molecular complexity index is 536. The van der Waals surface area contributed by atoms with Gasteiger partial charge in [0.05, 0.1) is 11.5 Å². The minimum atomic E-state index is -0.582. The number of thiophene rings is 1. The van der Waals surface area contributed by atoms with Crippen molar-refractivity contribution >= 4 is 46.3 Å². The number of carbonyl (C=O) groups is 3. The monoisotopic (exact) mass is 297 g/mol. The summed E-state index contributed by atoms with van der Waals surface area (Å²) in [5, 5.41) is 3.31. The van der Waals surface area contributed by atoms with Crippen LogP contribution in [0.15, 0.2) is 21.7 Å². The summed E-state index contributed by atoms with van der Waals surface area (Å²) in [6.07, 6.45) is 1.65. The number of esters is 1. The first-order valence-electron chi connectivity index (χ1n) is 5.55. The van der Waals surface area contributed by atoms with Crippen molar-refractivity contribution in [3.63, 3.8) is 0 Å². The Morgan fingerprint density at radius 1 is 1.47 bits per heavy atom. The molecule has 1 aromatic rings. The molecule has 100 valence electrons. The Balaban J connectivity index is 2.10. The van der Waals surface area contributed by atoms with Crippen LogP contribution in [0.25, 0.3) is 6.08 Å². The van der Waals surface area contributed by atoms with Crippen molar-refractivity contribution in [1.82, 2.24) is 4.90 Å². The fourth-order valence-electron chi connectivity index (χ4n) is 1.48. The van der Waals surface area contributed by atoms with Crippen molar-refractivity contribution in [3.8, 4) is 0 Å². The van der Waals surface area contributed by atoms with E-state index in [-0.39, 0.29) is 13.2 Å². The van der Waals surface area contributed by atoms with E-state index in [1.807, 2.05) is 16.8 Å². The van der Waals surface area contributed by atoms with Gasteiger partial charge in [0, 0.05) is 0 Å². The Labute approximate surface area is 118 Å². The van der Waals surface area contributed by atoms with Crippen molar-refractivity contribution in [2.45, 2.75) is 6.92 Å². The highest BCUT2D eigenvalue weighted by molar-refractivity contribution is 8.18. The predicted molar refractivity (Wildman–Crippen MR) is 73.6 cm³/mol. The van der Waals surface area contributed by atoms with E-state index in [4.69, 9.17) is 4.74 Å². The number of rotatable bonds is 4. The van der Waals surface area contributed by atoms with Gasteiger partial charge in [0.1, 0.15) is 6.54 Å². The highest BCUT2D eigenvalue weighted by atomic mass is 32.2. The number of imide groups is 1. The van der Waals surface area contributed by atoms with E-state index in [0.29, 0.717) is 4.91 Å². The molecule has 1 fully saturated rings. The van der Waals surface area contributed by atoms with Crippen molar-refractivity contribution < 1.29 is 19.1 Å². The van der Waals surface area contributed by atoms with Gasteiger partial charge in [-0.3, -0.25) is 19.3 Å². The van der Waals surface area contributed by atoms with Crippen molar-refractivity contribution in [3.05, 3.63) is 27.3 Å². The van der Waals surface area contributed by atoms with Crippen LogP contribution in [-0.2, 0) is 14.3 Å². The third-order valence-corrected chi connectivity index (χ3v) is 3.92. The zero-order valence-corrected chi connectivity index (χ0v) is 11.8. The molecule has 19 heavy (non-hydrogen) atoms. The largest absolute Gasteiger partial charge is 0.465 e. The smallest absolute Gasteiger partial charge is 0.326 e. The summed E-state index contributed by atoms with van der Waals surface area (Å²) in [6.45, 7) is 1.56. The highest BCUT2D eigenvalue weighted by Crippen LogP contribution is 2.32. The molecule has 0 spiro atoms. The van der Waals surface area contributed by atoms with Gasteiger partial charge in [0.2, 0.25) is 0 Å². The first kappa shape index (κ1) is 13.8. The lowest BCUT2D eigenvalue weighted by atomic mass is 10.3. The molecule has 0 N–H and O–H groups in total. The Morgan fingerprint density at radius 3 is 2.89 bits per heavy atom. The molecule has 2 heterocycles. The topological polar surface area (TPSA) is 63.7 Å². The average Bonchev–Trinajstić information content (AvgIpc) is 2.95. The number of thioether (sulfide) groups is 1. The summed E-state index contributed by atoms with van der Waals surface area (Å²) in [7, 11) is 0. The standard InChI is InChI=1S/C12H11NO4S2/c1-2-17-10(14)6-13-11(15)9(19-12(13)16)5-8-3-4-18-7-8/h3-5,7H,2,6H2,1H3. The van der Waals surface area contributed by atoms with Gasteiger partial charge in [-0.05, 0) is 47.2 Å². The number of hydrogen-bond acceptors (Lipinski definition) is 6. The molecule has 1 aliphatic rings. The van der Waals surface area contributed by atoms with Crippen molar-refractivity contribution in [1.29, 1.82) is 0 Å². The fraction of sp³-hybridized carbons (Fsp3) is 0.250. The molecule has 2 amide bonds.